The number of nitrogens with zero attached hydrogens (tertiary/aromatic N) is 3. The Labute approximate surface area is 177 Å². The number of hydrogen-bond acceptors (Lipinski definition) is 7. The Morgan fingerprint density at radius 2 is 1.90 bits per heavy atom. The maximum atomic E-state index is 11.0. The number of nitro groups is 1. The van der Waals surface area contributed by atoms with Gasteiger partial charge in [-0.1, -0.05) is 11.6 Å². The summed E-state index contributed by atoms with van der Waals surface area (Å²) in [7, 11) is 5.12. The summed E-state index contributed by atoms with van der Waals surface area (Å²) in [4.78, 5) is 17.3. The summed E-state index contributed by atoms with van der Waals surface area (Å²) in [5.41, 5.74) is 2.59. The van der Waals surface area contributed by atoms with Gasteiger partial charge in [0.15, 0.2) is 11.5 Å². The fourth-order valence-electron chi connectivity index (χ4n) is 2.90. The van der Waals surface area contributed by atoms with Crippen LogP contribution in [0.3, 0.4) is 0 Å². The van der Waals surface area contributed by atoms with Gasteiger partial charge in [-0.3, -0.25) is 15.0 Å². The second-order valence-corrected chi connectivity index (χ2v) is 7.68. The van der Waals surface area contributed by atoms with E-state index in [1.165, 1.54) is 12.1 Å². The van der Waals surface area contributed by atoms with Gasteiger partial charge in [0.2, 0.25) is 0 Å². The summed E-state index contributed by atoms with van der Waals surface area (Å²) < 4.78 is 10.6. The molecule has 3 rings (SSSR count). The van der Waals surface area contributed by atoms with Crippen LogP contribution in [0.4, 0.5) is 5.69 Å². The lowest BCUT2D eigenvalue weighted by atomic mass is 10.2. The molecule has 29 heavy (non-hydrogen) atoms. The van der Waals surface area contributed by atoms with Crippen molar-refractivity contribution in [2.75, 3.05) is 21.3 Å². The van der Waals surface area contributed by atoms with Gasteiger partial charge in [0, 0.05) is 41.2 Å². The van der Waals surface area contributed by atoms with Crippen LogP contribution in [0.2, 0.25) is 5.02 Å². The number of non-ortho nitro benzene ring substituents is 1. The van der Waals surface area contributed by atoms with Gasteiger partial charge in [-0.2, -0.15) is 0 Å². The Balaban J connectivity index is 1.72. The van der Waals surface area contributed by atoms with Crippen molar-refractivity contribution < 1.29 is 14.4 Å². The number of benzene rings is 2. The molecular weight excluding hydrogens is 414 g/mol. The van der Waals surface area contributed by atoms with Crippen molar-refractivity contribution in [3.05, 3.63) is 68.2 Å². The fraction of sp³-hybridized carbons (Fsp3) is 0.250. The first kappa shape index (κ1) is 21.0. The number of aromatic nitrogens is 1. The van der Waals surface area contributed by atoms with Crippen molar-refractivity contribution >= 4 is 28.6 Å². The number of halogens is 1. The van der Waals surface area contributed by atoms with Gasteiger partial charge in [0.05, 0.1) is 24.8 Å². The van der Waals surface area contributed by atoms with Crippen LogP contribution in [-0.2, 0) is 13.1 Å². The molecule has 7 nitrogen and oxygen atoms in total. The van der Waals surface area contributed by atoms with Crippen molar-refractivity contribution in [3.63, 3.8) is 0 Å². The van der Waals surface area contributed by atoms with Crippen LogP contribution in [0.1, 0.15) is 11.3 Å². The quantitative estimate of drug-likeness (QED) is 0.366. The zero-order chi connectivity index (χ0) is 21.0. The Morgan fingerprint density at radius 1 is 1.14 bits per heavy atom. The summed E-state index contributed by atoms with van der Waals surface area (Å²) in [5.74, 6) is 1.32. The van der Waals surface area contributed by atoms with Crippen LogP contribution in [0.5, 0.6) is 11.5 Å². The molecule has 0 aliphatic carbocycles. The maximum Gasteiger partial charge on any atom is 0.269 e. The van der Waals surface area contributed by atoms with Crippen molar-refractivity contribution in [1.82, 2.24) is 9.88 Å². The van der Waals surface area contributed by atoms with E-state index >= 15 is 0 Å². The fourth-order valence-corrected chi connectivity index (χ4v) is 3.89. The molecule has 9 heteroatoms. The minimum atomic E-state index is -0.421. The SMILES string of the molecule is COc1ccc(-c2nc(CN(C)Cc3cc([N+](=O)[O-])ccc3Cl)cs2)cc1OC. The van der Waals surface area contributed by atoms with Crippen LogP contribution in [0.25, 0.3) is 10.6 Å². The highest BCUT2D eigenvalue weighted by Gasteiger charge is 2.14. The van der Waals surface area contributed by atoms with E-state index < -0.39 is 4.92 Å². The molecule has 0 spiro atoms. The van der Waals surface area contributed by atoms with Crippen LogP contribution in [0.15, 0.2) is 41.8 Å². The predicted octanol–water partition coefficient (Wildman–Crippen LogP) is 5.02. The zero-order valence-electron chi connectivity index (χ0n) is 16.2. The van der Waals surface area contributed by atoms with E-state index in [1.807, 2.05) is 35.5 Å². The van der Waals surface area contributed by atoms with Gasteiger partial charge in [-0.15, -0.1) is 11.3 Å². The highest BCUT2D eigenvalue weighted by Crippen LogP contribution is 2.33. The van der Waals surface area contributed by atoms with Crippen molar-refractivity contribution in [2.45, 2.75) is 13.1 Å². The molecular formula is C20H20ClN3O4S. The zero-order valence-corrected chi connectivity index (χ0v) is 17.8. The second-order valence-electron chi connectivity index (χ2n) is 6.42. The molecule has 0 radical (unpaired) electrons. The van der Waals surface area contributed by atoms with Gasteiger partial charge >= 0.3 is 0 Å². The predicted molar refractivity (Wildman–Crippen MR) is 114 cm³/mol. The first-order valence-corrected chi connectivity index (χ1v) is 9.95. The van der Waals surface area contributed by atoms with Crippen molar-refractivity contribution in [3.8, 4) is 22.1 Å². The van der Waals surface area contributed by atoms with Crippen LogP contribution >= 0.6 is 22.9 Å². The third-order valence-electron chi connectivity index (χ3n) is 4.29. The molecule has 0 unspecified atom stereocenters. The van der Waals surface area contributed by atoms with E-state index in [2.05, 4.69) is 0 Å². The number of ether oxygens (including phenoxy) is 2. The molecule has 0 aliphatic heterocycles. The normalized spacial score (nSPS) is 10.9. The van der Waals surface area contributed by atoms with Crippen molar-refractivity contribution in [1.29, 1.82) is 0 Å². The molecule has 152 valence electrons. The van der Waals surface area contributed by atoms with E-state index in [-0.39, 0.29) is 5.69 Å². The molecule has 3 aromatic rings. The molecule has 2 aromatic carbocycles. The summed E-state index contributed by atoms with van der Waals surface area (Å²) >= 11 is 7.74. The molecule has 0 bridgehead atoms. The van der Waals surface area contributed by atoms with Crippen LogP contribution in [0, 0.1) is 10.1 Å². The summed E-state index contributed by atoms with van der Waals surface area (Å²) in [6, 6.07) is 10.2. The number of hydrogen-bond donors (Lipinski definition) is 0. The molecule has 1 aromatic heterocycles. The number of methoxy groups -OCH3 is 2. The van der Waals surface area contributed by atoms with E-state index in [9.17, 15) is 10.1 Å². The molecule has 0 atom stereocenters. The molecule has 1 heterocycles. The Bertz CT molecular complexity index is 1020. The first-order valence-electron chi connectivity index (χ1n) is 8.69. The number of thiazole rings is 1. The summed E-state index contributed by atoms with van der Waals surface area (Å²) in [6.07, 6.45) is 0. The Morgan fingerprint density at radius 3 is 2.59 bits per heavy atom. The van der Waals surface area contributed by atoms with E-state index in [0.29, 0.717) is 35.2 Å². The molecule has 0 fully saturated rings. The van der Waals surface area contributed by atoms with E-state index in [0.717, 1.165) is 16.3 Å². The number of rotatable bonds is 8. The van der Waals surface area contributed by atoms with Crippen LogP contribution in [-0.4, -0.2) is 36.1 Å². The molecule has 0 saturated heterocycles. The molecule has 0 aliphatic rings. The third-order valence-corrected chi connectivity index (χ3v) is 5.60. The Kier molecular flexibility index (Phi) is 6.68. The van der Waals surface area contributed by atoms with Gasteiger partial charge in [-0.25, -0.2) is 4.98 Å². The van der Waals surface area contributed by atoms with Crippen molar-refractivity contribution in [2.24, 2.45) is 0 Å². The summed E-state index contributed by atoms with van der Waals surface area (Å²) in [5, 5.41) is 14.4. The maximum absolute atomic E-state index is 11.0. The van der Waals surface area contributed by atoms with Gasteiger partial charge in [-0.05, 0) is 36.9 Å². The highest BCUT2D eigenvalue weighted by molar-refractivity contribution is 7.13. The minimum Gasteiger partial charge on any atom is -0.493 e. The molecule has 0 saturated carbocycles. The van der Waals surface area contributed by atoms with Gasteiger partial charge < -0.3 is 9.47 Å². The largest absolute Gasteiger partial charge is 0.493 e. The third kappa shape index (κ3) is 5.03. The monoisotopic (exact) mass is 433 g/mol. The Hall–Kier alpha value is -2.68. The lowest BCUT2D eigenvalue weighted by Crippen LogP contribution is -2.17. The average Bonchev–Trinajstić information content (AvgIpc) is 3.17. The smallest absolute Gasteiger partial charge is 0.269 e. The summed E-state index contributed by atoms with van der Waals surface area (Å²) in [6.45, 7) is 1.06. The number of nitro benzene ring substituents is 1. The van der Waals surface area contributed by atoms with Crippen LogP contribution < -0.4 is 9.47 Å². The van der Waals surface area contributed by atoms with E-state index in [1.54, 1.807) is 31.6 Å². The average molecular weight is 434 g/mol. The topological polar surface area (TPSA) is 77.7 Å². The second kappa shape index (κ2) is 9.21. The standard InChI is InChI=1S/C20H20ClN3O4S/c1-23(10-14-8-16(24(25)26)5-6-17(14)21)11-15-12-29-20(22-15)13-4-7-18(27-2)19(9-13)28-3/h4-9,12H,10-11H2,1-3H3. The lowest BCUT2D eigenvalue weighted by Gasteiger charge is -2.16. The highest BCUT2D eigenvalue weighted by atomic mass is 35.5. The first-order chi connectivity index (χ1) is 13.9. The van der Waals surface area contributed by atoms with Gasteiger partial charge in [0.25, 0.3) is 5.69 Å². The molecule has 0 N–H and O–H groups in total. The van der Waals surface area contributed by atoms with E-state index in [4.69, 9.17) is 26.1 Å². The molecule has 0 amide bonds. The lowest BCUT2D eigenvalue weighted by molar-refractivity contribution is -0.384. The van der Waals surface area contributed by atoms with Gasteiger partial charge in [0.1, 0.15) is 5.01 Å². The minimum absolute atomic E-state index is 0.0298.